The molecule has 1 aromatic carbocycles. The van der Waals surface area contributed by atoms with Crippen LogP contribution in [0.3, 0.4) is 0 Å². The fourth-order valence-corrected chi connectivity index (χ4v) is 3.15. The van der Waals surface area contributed by atoms with Crippen LogP contribution in [0.15, 0.2) is 55.3 Å². The maximum absolute atomic E-state index is 12.2. The van der Waals surface area contributed by atoms with Crippen molar-refractivity contribution in [2.45, 2.75) is 18.7 Å². The number of nitrogens with zero attached hydrogens (tertiary/aromatic N) is 1. The number of sulfonamides is 1. The number of allylic oxidation sites excluding steroid dienone is 4. The number of Topliss-reactive ketones (excluding diaryl/α,β-unsaturated/α-hetero) is 1. The maximum Gasteiger partial charge on any atom is 0.282 e. The lowest BCUT2D eigenvalue weighted by molar-refractivity contribution is -0.111. The molecule has 0 spiro atoms. The first-order valence-corrected chi connectivity index (χ1v) is 8.12. The average molecular weight is 344 g/mol. The Morgan fingerprint density at radius 2 is 1.57 bits per heavy atom. The van der Waals surface area contributed by atoms with E-state index in [1.165, 1.54) is 25.1 Å². The van der Waals surface area contributed by atoms with Crippen molar-refractivity contribution in [2.24, 2.45) is 4.40 Å². The molecule has 0 fully saturated rings. The molecule has 110 valence electrons. The van der Waals surface area contributed by atoms with Crippen molar-refractivity contribution in [3.63, 3.8) is 0 Å². The summed E-state index contributed by atoms with van der Waals surface area (Å²) in [4.78, 5) is 11.7. The highest BCUT2D eigenvalue weighted by atomic mass is 35.5. The van der Waals surface area contributed by atoms with Gasteiger partial charge < -0.3 is 0 Å². The van der Waals surface area contributed by atoms with E-state index in [0.29, 0.717) is 0 Å². The summed E-state index contributed by atoms with van der Waals surface area (Å²) in [6.45, 7) is 3.36. The third-order valence-electron chi connectivity index (χ3n) is 2.87. The van der Waals surface area contributed by atoms with Gasteiger partial charge in [0.05, 0.1) is 15.6 Å². The number of hydrogen-bond donors (Lipinski definition) is 0. The standard InChI is InChI=1S/C14H11Cl2NO3S/c1-8-3-5-10(6-4-8)21(19,20)17-11-7-9(2)14(18)13(16)12(11)15/h3-7H,1-2H3. The molecule has 4 nitrogen and oxygen atoms in total. The van der Waals surface area contributed by atoms with E-state index in [9.17, 15) is 13.2 Å². The van der Waals surface area contributed by atoms with Gasteiger partial charge in [0.1, 0.15) is 5.03 Å². The van der Waals surface area contributed by atoms with Gasteiger partial charge in [0.2, 0.25) is 5.78 Å². The lowest BCUT2D eigenvalue weighted by Gasteiger charge is -2.11. The molecule has 1 aliphatic carbocycles. The summed E-state index contributed by atoms with van der Waals surface area (Å²) in [6.07, 6.45) is 1.31. The van der Waals surface area contributed by atoms with E-state index in [1.54, 1.807) is 12.1 Å². The van der Waals surface area contributed by atoms with Crippen molar-refractivity contribution >= 4 is 44.7 Å². The second-order valence-electron chi connectivity index (χ2n) is 4.55. The fraction of sp³-hybridized carbons (Fsp3) is 0.143. The molecule has 0 saturated heterocycles. The molecule has 0 unspecified atom stereocenters. The lowest BCUT2D eigenvalue weighted by atomic mass is 10.0. The number of carbonyl (C=O) groups is 1. The van der Waals surface area contributed by atoms with Crippen molar-refractivity contribution in [1.29, 1.82) is 0 Å². The molecule has 0 bridgehead atoms. The third-order valence-corrected chi connectivity index (χ3v) is 5.01. The van der Waals surface area contributed by atoms with Gasteiger partial charge in [-0.05, 0) is 32.1 Å². The van der Waals surface area contributed by atoms with E-state index in [1.807, 2.05) is 6.92 Å². The number of benzene rings is 1. The minimum Gasteiger partial charge on any atom is -0.288 e. The second kappa shape index (κ2) is 5.75. The monoisotopic (exact) mass is 343 g/mol. The highest BCUT2D eigenvalue weighted by molar-refractivity contribution is 7.90. The van der Waals surface area contributed by atoms with Crippen molar-refractivity contribution in [1.82, 2.24) is 0 Å². The summed E-state index contributed by atoms with van der Waals surface area (Å²) < 4.78 is 28.1. The molecule has 0 aromatic heterocycles. The Morgan fingerprint density at radius 1 is 1.00 bits per heavy atom. The summed E-state index contributed by atoms with van der Waals surface area (Å²) in [5.74, 6) is -0.437. The molecule has 0 atom stereocenters. The number of carbonyl (C=O) groups excluding carboxylic acids is 1. The summed E-state index contributed by atoms with van der Waals surface area (Å²) in [7, 11) is -3.92. The topological polar surface area (TPSA) is 63.6 Å². The molecule has 2 rings (SSSR count). The first kappa shape index (κ1) is 15.9. The summed E-state index contributed by atoms with van der Waals surface area (Å²) in [6, 6.07) is 6.25. The zero-order valence-electron chi connectivity index (χ0n) is 11.2. The summed E-state index contributed by atoms with van der Waals surface area (Å²) in [5.41, 5.74) is 1.17. The van der Waals surface area contributed by atoms with E-state index in [4.69, 9.17) is 23.2 Å². The molecule has 0 aliphatic heterocycles. The van der Waals surface area contributed by atoms with Gasteiger partial charge in [-0.3, -0.25) is 4.79 Å². The molecular formula is C14H11Cl2NO3S. The first-order chi connectivity index (χ1) is 9.72. The third kappa shape index (κ3) is 3.26. The number of rotatable bonds is 2. The van der Waals surface area contributed by atoms with Crippen molar-refractivity contribution < 1.29 is 13.2 Å². The highest BCUT2D eigenvalue weighted by Gasteiger charge is 2.24. The van der Waals surface area contributed by atoms with E-state index in [-0.39, 0.29) is 26.2 Å². The number of halogens is 2. The molecule has 1 aliphatic rings. The van der Waals surface area contributed by atoms with Crippen LogP contribution in [0.2, 0.25) is 0 Å². The smallest absolute Gasteiger partial charge is 0.282 e. The predicted molar refractivity (Wildman–Crippen MR) is 83.3 cm³/mol. The summed E-state index contributed by atoms with van der Waals surface area (Å²) >= 11 is 11.7. The van der Waals surface area contributed by atoms with Gasteiger partial charge in [0.15, 0.2) is 0 Å². The van der Waals surface area contributed by atoms with Crippen LogP contribution in [0, 0.1) is 6.92 Å². The minimum atomic E-state index is -3.92. The quantitative estimate of drug-likeness (QED) is 0.773. The maximum atomic E-state index is 12.2. The zero-order chi connectivity index (χ0) is 15.8. The van der Waals surface area contributed by atoms with Gasteiger partial charge in [0.25, 0.3) is 10.0 Å². The van der Waals surface area contributed by atoms with Gasteiger partial charge in [-0.25, -0.2) is 0 Å². The van der Waals surface area contributed by atoms with E-state index < -0.39 is 15.8 Å². The van der Waals surface area contributed by atoms with E-state index >= 15 is 0 Å². The number of ketones is 1. The normalized spacial score (nSPS) is 18.2. The van der Waals surface area contributed by atoms with Crippen LogP contribution in [0.5, 0.6) is 0 Å². The lowest BCUT2D eigenvalue weighted by Crippen LogP contribution is -2.14. The first-order valence-electron chi connectivity index (χ1n) is 5.92. The number of hydrogen-bond acceptors (Lipinski definition) is 3. The Bertz CT molecular complexity index is 803. The molecule has 0 saturated carbocycles. The second-order valence-corrected chi connectivity index (χ2v) is 6.91. The Balaban J connectivity index is 2.52. The Morgan fingerprint density at radius 3 is 2.14 bits per heavy atom. The van der Waals surface area contributed by atoms with Crippen molar-refractivity contribution in [3.8, 4) is 0 Å². The van der Waals surface area contributed by atoms with E-state index in [2.05, 4.69) is 4.40 Å². The van der Waals surface area contributed by atoms with Crippen LogP contribution >= 0.6 is 23.2 Å². The van der Waals surface area contributed by atoms with Crippen LogP contribution in [-0.4, -0.2) is 19.9 Å². The molecule has 7 heteroatoms. The summed E-state index contributed by atoms with van der Waals surface area (Å²) in [5, 5.41) is -0.391. The van der Waals surface area contributed by atoms with Gasteiger partial charge in [-0.15, -0.1) is 0 Å². The largest absolute Gasteiger partial charge is 0.288 e. The highest BCUT2D eigenvalue weighted by Crippen LogP contribution is 2.27. The SMILES string of the molecule is CC1=CC(=NS(=O)(=O)c2ccc(C)cc2)C(Cl)=C(Cl)C1=O. The van der Waals surface area contributed by atoms with Crippen LogP contribution < -0.4 is 0 Å². The zero-order valence-corrected chi connectivity index (χ0v) is 13.6. The Kier molecular flexibility index (Phi) is 4.37. The fourth-order valence-electron chi connectivity index (χ4n) is 1.68. The van der Waals surface area contributed by atoms with Gasteiger partial charge >= 0.3 is 0 Å². The molecule has 0 radical (unpaired) electrons. The number of aryl methyl sites for hydroxylation is 1. The van der Waals surface area contributed by atoms with Crippen LogP contribution in [0.1, 0.15) is 12.5 Å². The Hall–Kier alpha value is -1.43. The molecule has 1 aromatic rings. The Labute approximate surface area is 132 Å². The van der Waals surface area contributed by atoms with Gasteiger partial charge in [0, 0.05) is 5.57 Å². The predicted octanol–water partition coefficient (Wildman–Crippen LogP) is 3.34. The van der Waals surface area contributed by atoms with Crippen LogP contribution in [0.4, 0.5) is 0 Å². The molecular weight excluding hydrogens is 333 g/mol. The van der Waals surface area contributed by atoms with Crippen LogP contribution in [-0.2, 0) is 14.8 Å². The minimum absolute atomic E-state index is 0.0423. The molecule has 0 N–H and O–H groups in total. The molecule has 21 heavy (non-hydrogen) atoms. The van der Waals surface area contributed by atoms with E-state index in [0.717, 1.165) is 5.56 Å². The molecule has 0 amide bonds. The van der Waals surface area contributed by atoms with Crippen molar-refractivity contribution in [2.75, 3.05) is 0 Å². The average Bonchev–Trinajstić information content (AvgIpc) is 2.42. The molecule has 0 heterocycles. The van der Waals surface area contributed by atoms with Crippen LogP contribution in [0.25, 0.3) is 0 Å². The van der Waals surface area contributed by atoms with Crippen molar-refractivity contribution in [3.05, 3.63) is 51.5 Å². The van der Waals surface area contributed by atoms with Gasteiger partial charge in [-0.1, -0.05) is 40.9 Å². The van der Waals surface area contributed by atoms with Gasteiger partial charge in [-0.2, -0.15) is 12.8 Å².